The lowest BCUT2D eigenvalue weighted by atomic mass is 9.98. The van der Waals surface area contributed by atoms with Gasteiger partial charge in [0, 0.05) is 19.6 Å². The zero-order chi connectivity index (χ0) is 13.8. The summed E-state index contributed by atoms with van der Waals surface area (Å²) in [7, 11) is 2.22. The summed E-state index contributed by atoms with van der Waals surface area (Å²) in [6.07, 6.45) is 2.68. The van der Waals surface area contributed by atoms with Gasteiger partial charge in [-0.15, -0.1) is 0 Å². The molecule has 0 saturated carbocycles. The van der Waals surface area contributed by atoms with Gasteiger partial charge in [0.2, 0.25) is 0 Å². The SMILES string of the molecule is CCn1nc(C)c(Br)c1CNCC1CCCN(C)C1. The Kier molecular flexibility index (Phi) is 5.42. The molecule has 1 unspecified atom stereocenters. The van der Waals surface area contributed by atoms with Crippen LogP contribution < -0.4 is 5.32 Å². The average Bonchev–Trinajstić information content (AvgIpc) is 2.66. The van der Waals surface area contributed by atoms with E-state index in [1.807, 2.05) is 0 Å². The van der Waals surface area contributed by atoms with Crippen molar-refractivity contribution in [2.24, 2.45) is 5.92 Å². The number of nitrogens with one attached hydrogen (secondary N) is 1. The first-order valence-corrected chi connectivity index (χ1v) is 8.02. The van der Waals surface area contributed by atoms with Gasteiger partial charge in [-0.2, -0.15) is 5.10 Å². The van der Waals surface area contributed by atoms with Gasteiger partial charge >= 0.3 is 0 Å². The minimum absolute atomic E-state index is 0.789. The van der Waals surface area contributed by atoms with Crippen molar-refractivity contribution in [1.29, 1.82) is 0 Å². The molecular formula is C14H25BrN4. The molecule has 1 aliphatic rings. The maximum Gasteiger partial charge on any atom is 0.0739 e. The molecule has 0 aliphatic carbocycles. The first-order chi connectivity index (χ1) is 9.11. The highest BCUT2D eigenvalue weighted by Crippen LogP contribution is 2.21. The summed E-state index contributed by atoms with van der Waals surface area (Å²) >= 11 is 3.65. The van der Waals surface area contributed by atoms with E-state index < -0.39 is 0 Å². The number of aromatic nitrogens is 2. The number of halogens is 1. The molecule has 2 heterocycles. The molecule has 1 saturated heterocycles. The zero-order valence-electron chi connectivity index (χ0n) is 12.2. The van der Waals surface area contributed by atoms with Crippen molar-refractivity contribution in [3.63, 3.8) is 0 Å². The number of rotatable bonds is 5. The van der Waals surface area contributed by atoms with Crippen molar-refractivity contribution in [3.05, 3.63) is 15.9 Å². The molecule has 0 spiro atoms. The largest absolute Gasteiger partial charge is 0.311 e. The Morgan fingerprint density at radius 2 is 2.26 bits per heavy atom. The third-order valence-corrected chi connectivity index (χ3v) is 4.93. The molecule has 2 rings (SSSR count). The number of hydrogen-bond donors (Lipinski definition) is 1. The standard InChI is InChI=1S/C14H25BrN4/c1-4-19-13(14(15)11(2)17-19)9-16-8-12-6-5-7-18(3)10-12/h12,16H,4-10H2,1-3H3. The first-order valence-electron chi connectivity index (χ1n) is 7.22. The van der Waals surface area contributed by atoms with E-state index in [1.54, 1.807) is 0 Å². The Labute approximate surface area is 124 Å². The smallest absolute Gasteiger partial charge is 0.0739 e. The van der Waals surface area contributed by atoms with E-state index in [9.17, 15) is 0 Å². The Bertz CT molecular complexity index is 416. The minimum Gasteiger partial charge on any atom is -0.311 e. The van der Waals surface area contributed by atoms with Gasteiger partial charge in [0.1, 0.15) is 0 Å². The van der Waals surface area contributed by atoms with Crippen LogP contribution in [-0.4, -0.2) is 41.4 Å². The molecule has 19 heavy (non-hydrogen) atoms. The molecule has 4 nitrogen and oxygen atoms in total. The summed E-state index contributed by atoms with van der Waals surface area (Å²) < 4.78 is 3.24. The van der Waals surface area contributed by atoms with E-state index in [1.165, 1.54) is 31.6 Å². The van der Waals surface area contributed by atoms with E-state index in [0.29, 0.717) is 0 Å². The van der Waals surface area contributed by atoms with Crippen LogP contribution in [0.5, 0.6) is 0 Å². The normalized spacial score (nSPS) is 20.9. The second-order valence-electron chi connectivity index (χ2n) is 5.56. The molecule has 1 aliphatic heterocycles. The van der Waals surface area contributed by atoms with Crippen LogP contribution in [0, 0.1) is 12.8 Å². The van der Waals surface area contributed by atoms with Crippen LogP contribution >= 0.6 is 15.9 Å². The Morgan fingerprint density at radius 1 is 1.47 bits per heavy atom. The van der Waals surface area contributed by atoms with Crippen LogP contribution in [0.2, 0.25) is 0 Å². The summed E-state index contributed by atoms with van der Waals surface area (Å²) in [6.45, 7) is 9.59. The van der Waals surface area contributed by atoms with Crippen molar-refractivity contribution >= 4 is 15.9 Å². The molecule has 1 aromatic rings. The quantitative estimate of drug-likeness (QED) is 0.901. The second kappa shape index (κ2) is 6.86. The fourth-order valence-corrected chi connectivity index (χ4v) is 3.30. The molecule has 1 atom stereocenters. The number of nitrogens with zero attached hydrogens (tertiary/aromatic N) is 3. The fourth-order valence-electron chi connectivity index (χ4n) is 2.87. The van der Waals surface area contributed by atoms with Gasteiger partial charge in [0.15, 0.2) is 0 Å². The van der Waals surface area contributed by atoms with E-state index in [4.69, 9.17) is 0 Å². The van der Waals surface area contributed by atoms with E-state index in [-0.39, 0.29) is 0 Å². The average molecular weight is 329 g/mol. The Hall–Kier alpha value is -0.390. The molecule has 0 radical (unpaired) electrons. The third-order valence-electron chi connectivity index (χ3n) is 3.90. The summed E-state index contributed by atoms with van der Waals surface area (Å²) in [5, 5.41) is 8.13. The predicted molar refractivity (Wildman–Crippen MR) is 82.3 cm³/mol. The molecule has 1 aromatic heterocycles. The van der Waals surface area contributed by atoms with Crippen molar-refractivity contribution in [3.8, 4) is 0 Å². The van der Waals surface area contributed by atoms with Crippen molar-refractivity contribution in [1.82, 2.24) is 20.0 Å². The van der Waals surface area contributed by atoms with Gasteiger partial charge in [0.25, 0.3) is 0 Å². The van der Waals surface area contributed by atoms with Crippen molar-refractivity contribution in [2.45, 2.75) is 39.8 Å². The van der Waals surface area contributed by atoms with Gasteiger partial charge in [-0.3, -0.25) is 4.68 Å². The topological polar surface area (TPSA) is 33.1 Å². The van der Waals surface area contributed by atoms with Gasteiger partial charge in [-0.25, -0.2) is 0 Å². The lowest BCUT2D eigenvalue weighted by Crippen LogP contribution is -2.37. The lowest BCUT2D eigenvalue weighted by Gasteiger charge is -2.29. The van der Waals surface area contributed by atoms with Crippen LogP contribution in [0.1, 0.15) is 31.2 Å². The molecule has 0 amide bonds. The Balaban J connectivity index is 1.85. The number of likely N-dealkylation sites (tertiary alicyclic amines) is 1. The molecule has 1 N–H and O–H groups in total. The van der Waals surface area contributed by atoms with Gasteiger partial charge in [-0.05, 0) is 68.7 Å². The third kappa shape index (κ3) is 3.80. The summed E-state index contributed by atoms with van der Waals surface area (Å²) in [6, 6.07) is 0. The van der Waals surface area contributed by atoms with Crippen LogP contribution in [0.25, 0.3) is 0 Å². The number of piperidine rings is 1. The van der Waals surface area contributed by atoms with E-state index in [0.717, 1.165) is 35.7 Å². The maximum atomic E-state index is 4.53. The first kappa shape index (κ1) is 15.0. The minimum atomic E-state index is 0.789. The van der Waals surface area contributed by atoms with Gasteiger partial charge in [-0.1, -0.05) is 0 Å². The highest BCUT2D eigenvalue weighted by molar-refractivity contribution is 9.10. The monoisotopic (exact) mass is 328 g/mol. The fraction of sp³-hybridized carbons (Fsp3) is 0.786. The van der Waals surface area contributed by atoms with Crippen LogP contribution in [0.15, 0.2) is 4.47 Å². The van der Waals surface area contributed by atoms with E-state index in [2.05, 4.69) is 56.8 Å². The zero-order valence-corrected chi connectivity index (χ0v) is 13.8. The molecular weight excluding hydrogens is 304 g/mol. The molecule has 108 valence electrons. The van der Waals surface area contributed by atoms with Crippen LogP contribution in [-0.2, 0) is 13.1 Å². The van der Waals surface area contributed by atoms with Gasteiger partial charge in [0.05, 0.1) is 15.9 Å². The highest BCUT2D eigenvalue weighted by atomic mass is 79.9. The molecule has 5 heteroatoms. The second-order valence-corrected chi connectivity index (χ2v) is 6.36. The molecule has 0 bridgehead atoms. The van der Waals surface area contributed by atoms with Crippen LogP contribution in [0.3, 0.4) is 0 Å². The number of hydrogen-bond acceptors (Lipinski definition) is 3. The molecule has 1 fully saturated rings. The van der Waals surface area contributed by atoms with Gasteiger partial charge < -0.3 is 10.2 Å². The molecule has 0 aromatic carbocycles. The van der Waals surface area contributed by atoms with Crippen molar-refractivity contribution < 1.29 is 0 Å². The Morgan fingerprint density at radius 3 is 2.95 bits per heavy atom. The number of aryl methyl sites for hydroxylation is 2. The summed E-state index contributed by atoms with van der Waals surface area (Å²) in [5.74, 6) is 0.789. The maximum absolute atomic E-state index is 4.53. The van der Waals surface area contributed by atoms with E-state index >= 15 is 0 Å². The summed E-state index contributed by atoms with van der Waals surface area (Å²) in [5.41, 5.74) is 2.35. The lowest BCUT2D eigenvalue weighted by molar-refractivity contribution is 0.206. The highest BCUT2D eigenvalue weighted by Gasteiger charge is 2.17. The van der Waals surface area contributed by atoms with Crippen LogP contribution in [0.4, 0.5) is 0 Å². The summed E-state index contributed by atoms with van der Waals surface area (Å²) in [4.78, 5) is 2.44. The van der Waals surface area contributed by atoms with Crippen molar-refractivity contribution in [2.75, 3.05) is 26.7 Å². The predicted octanol–water partition coefficient (Wildman–Crippen LogP) is 2.41.